The first-order chi connectivity index (χ1) is 6.95. The molecule has 3 heteroatoms. The van der Waals surface area contributed by atoms with Gasteiger partial charge in [0.2, 0.25) is 0 Å². The molecule has 15 heavy (non-hydrogen) atoms. The Morgan fingerprint density at radius 3 is 2.40 bits per heavy atom. The van der Waals surface area contributed by atoms with E-state index < -0.39 is 11.3 Å². The van der Waals surface area contributed by atoms with E-state index in [1.54, 1.807) is 0 Å². The highest BCUT2D eigenvalue weighted by Crippen LogP contribution is 2.65. The van der Waals surface area contributed by atoms with Crippen LogP contribution in [0, 0.1) is 11.3 Å². The summed E-state index contributed by atoms with van der Waals surface area (Å²) in [6.45, 7) is 7.31. The Hall–Kier alpha value is -0.180. The lowest BCUT2D eigenvalue weighted by Gasteiger charge is -2.22. The SMILES string of the molecule is CC(C)CN1CCCC2(CC1)CC2(F)F. The highest BCUT2D eigenvalue weighted by Gasteiger charge is 2.69. The van der Waals surface area contributed by atoms with Crippen molar-refractivity contribution in [3.8, 4) is 0 Å². The van der Waals surface area contributed by atoms with Gasteiger partial charge in [0.05, 0.1) is 0 Å². The molecule has 1 aliphatic carbocycles. The zero-order chi connectivity index (χ0) is 11.1. The third kappa shape index (κ3) is 2.17. The Morgan fingerprint density at radius 1 is 1.20 bits per heavy atom. The van der Waals surface area contributed by atoms with Crippen LogP contribution < -0.4 is 0 Å². The first-order valence-electron chi connectivity index (χ1n) is 6.05. The van der Waals surface area contributed by atoms with E-state index in [9.17, 15) is 8.78 Å². The maximum Gasteiger partial charge on any atom is 0.254 e. The summed E-state index contributed by atoms with van der Waals surface area (Å²) in [5.41, 5.74) is -0.598. The van der Waals surface area contributed by atoms with E-state index in [0.29, 0.717) is 12.3 Å². The minimum absolute atomic E-state index is 0.148. The molecule has 1 unspecified atom stereocenters. The van der Waals surface area contributed by atoms with Gasteiger partial charge in [-0.1, -0.05) is 13.8 Å². The summed E-state index contributed by atoms with van der Waals surface area (Å²) in [4.78, 5) is 2.35. The Labute approximate surface area is 90.8 Å². The van der Waals surface area contributed by atoms with E-state index >= 15 is 0 Å². The lowest BCUT2D eigenvalue weighted by Crippen LogP contribution is -2.29. The van der Waals surface area contributed by atoms with Crippen LogP contribution in [0.4, 0.5) is 8.78 Å². The molecule has 1 saturated heterocycles. The van der Waals surface area contributed by atoms with Gasteiger partial charge >= 0.3 is 0 Å². The van der Waals surface area contributed by atoms with Gasteiger partial charge in [0, 0.05) is 18.4 Å². The summed E-state index contributed by atoms with van der Waals surface area (Å²) in [5.74, 6) is -1.71. The second kappa shape index (κ2) is 3.69. The summed E-state index contributed by atoms with van der Waals surface area (Å²) < 4.78 is 26.4. The third-order valence-electron chi connectivity index (χ3n) is 3.87. The maximum absolute atomic E-state index is 13.2. The number of alkyl halides is 2. The monoisotopic (exact) mass is 217 g/mol. The number of nitrogens with zero attached hydrogens (tertiary/aromatic N) is 1. The molecule has 88 valence electrons. The molecule has 2 fully saturated rings. The molecule has 1 heterocycles. The zero-order valence-corrected chi connectivity index (χ0v) is 9.73. The Morgan fingerprint density at radius 2 is 1.87 bits per heavy atom. The van der Waals surface area contributed by atoms with E-state index in [-0.39, 0.29) is 6.42 Å². The number of hydrogen-bond acceptors (Lipinski definition) is 1. The van der Waals surface area contributed by atoms with Crippen molar-refractivity contribution in [2.45, 2.75) is 45.5 Å². The van der Waals surface area contributed by atoms with Crippen molar-refractivity contribution in [2.24, 2.45) is 11.3 Å². The van der Waals surface area contributed by atoms with Crippen molar-refractivity contribution in [1.82, 2.24) is 4.90 Å². The fourth-order valence-corrected chi connectivity index (χ4v) is 2.87. The first kappa shape index (κ1) is 11.3. The smallest absolute Gasteiger partial charge is 0.254 e. The number of halogens is 2. The normalized spacial score (nSPS) is 35.8. The molecule has 1 atom stereocenters. The second-order valence-electron chi connectivity index (χ2n) is 5.71. The molecule has 0 bridgehead atoms. The van der Waals surface area contributed by atoms with E-state index in [1.165, 1.54) is 0 Å². The predicted molar refractivity (Wildman–Crippen MR) is 57.1 cm³/mol. The first-order valence-corrected chi connectivity index (χ1v) is 6.05. The van der Waals surface area contributed by atoms with Gasteiger partial charge in [0.25, 0.3) is 5.92 Å². The minimum Gasteiger partial charge on any atom is -0.303 e. The van der Waals surface area contributed by atoms with Crippen LogP contribution in [0.5, 0.6) is 0 Å². The van der Waals surface area contributed by atoms with Crippen LogP contribution in [0.2, 0.25) is 0 Å². The standard InChI is InChI=1S/C12H21F2N/c1-10(2)8-15-6-3-4-11(5-7-15)9-12(11,13)14/h10H,3-9H2,1-2H3. The molecule has 1 saturated carbocycles. The molecule has 2 aliphatic rings. The van der Waals surface area contributed by atoms with Crippen LogP contribution in [-0.4, -0.2) is 30.5 Å². The maximum atomic E-state index is 13.2. The van der Waals surface area contributed by atoms with Gasteiger partial charge in [-0.3, -0.25) is 0 Å². The van der Waals surface area contributed by atoms with Crippen LogP contribution in [0.25, 0.3) is 0 Å². The molecule has 0 amide bonds. The van der Waals surface area contributed by atoms with Gasteiger partial charge < -0.3 is 4.90 Å². The summed E-state index contributed by atoms with van der Waals surface area (Å²) >= 11 is 0. The lowest BCUT2D eigenvalue weighted by molar-refractivity contribution is 0.0574. The van der Waals surface area contributed by atoms with Crippen molar-refractivity contribution in [1.29, 1.82) is 0 Å². The second-order valence-corrected chi connectivity index (χ2v) is 5.71. The topological polar surface area (TPSA) is 3.24 Å². The van der Waals surface area contributed by atoms with Crippen LogP contribution in [0.1, 0.15) is 39.5 Å². The summed E-state index contributed by atoms with van der Waals surface area (Å²) in [5, 5.41) is 0. The quantitative estimate of drug-likeness (QED) is 0.686. The highest BCUT2D eigenvalue weighted by molar-refractivity contribution is 5.10. The van der Waals surface area contributed by atoms with Crippen molar-refractivity contribution < 1.29 is 8.78 Å². The fourth-order valence-electron chi connectivity index (χ4n) is 2.87. The number of rotatable bonds is 2. The van der Waals surface area contributed by atoms with Gasteiger partial charge in [-0.05, 0) is 38.3 Å². The molecule has 1 aliphatic heterocycles. The van der Waals surface area contributed by atoms with E-state index in [0.717, 1.165) is 32.5 Å². The molecule has 1 spiro atoms. The molecule has 0 radical (unpaired) electrons. The zero-order valence-electron chi connectivity index (χ0n) is 9.73. The average molecular weight is 217 g/mol. The van der Waals surface area contributed by atoms with Crippen LogP contribution in [0.3, 0.4) is 0 Å². The van der Waals surface area contributed by atoms with Crippen molar-refractivity contribution in [3.63, 3.8) is 0 Å². The van der Waals surface area contributed by atoms with Crippen molar-refractivity contribution in [3.05, 3.63) is 0 Å². The Kier molecular flexibility index (Phi) is 2.78. The number of hydrogen-bond donors (Lipinski definition) is 0. The van der Waals surface area contributed by atoms with Crippen molar-refractivity contribution in [2.75, 3.05) is 19.6 Å². The van der Waals surface area contributed by atoms with Crippen LogP contribution in [-0.2, 0) is 0 Å². The van der Waals surface area contributed by atoms with Gasteiger partial charge in [-0.25, -0.2) is 8.78 Å². The third-order valence-corrected chi connectivity index (χ3v) is 3.87. The largest absolute Gasteiger partial charge is 0.303 e. The predicted octanol–water partition coefficient (Wildman–Crippen LogP) is 3.15. The molecule has 0 N–H and O–H groups in total. The van der Waals surface area contributed by atoms with Crippen LogP contribution >= 0.6 is 0 Å². The Bertz CT molecular complexity index is 240. The summed E-state index contributed by atoms with van der Waals surface area (Å²) in [6, 6.07) is 0. The molecule has 0 aromatic heterocycles. The van der Waals surface area contributed by atoms with Gasteiger partial charge in [-0.2, -0.15) is 0 Å². The average Bonchev–Trinajstić information content (AvgIpc) is 2.69. The number of likely N-dealkylation sites (tertiary alicyclic amines) is 1. The molecule has 0 aromatic rings. The van der Waals surface area contributed by atoms with Gasteiger partial charge in [-0.15, -0.1) is 0 Å². The minimum atomic E-state index is -2.35. The molecular formula is C12H21F2N. The molecule has 2 rings (SSSR count). The van der Waals surface area contributed by atoms with Gasteiger partial charge in [0.1, 0.15) is 0 Å². The lowest BCUT2D eigenvalue weighted by atomic mass is 9.97. The van der Waals surface area contributed by atoms with E-state index in [2.05, 4.69) is 18.7 Å². The highest BCUT2D eigenvalue weighted by atomic mass is 19.3. The fraction of sp³-hybridized carbons (Fsp3) is 1.00. The molecule has 0 aromatic carbocycles. The summed E-state index contributed by atoms with van der Waals surface area (Å²) in [6.07, 6.45) is 2.53. The Balaban J connectivity index is 1.88. The van der Waals surface area contributed by atoms with Crippen molar-refractivity contribution >= 4 is 0 Å². The van der Waals surface area contributed by atoms with Gasteiger partial charge in [0.15, 0.2) is 0 Å². The van der Waals surface area contributed by atoms with E-state index in [1.807, 2.05) is 0 Å². The van der Waals surface area contributed by atoms with E-state index in [4.69, 9.17) is 0 Å². The molecular weight excluding hydrogens is 196 g/mol. The molecule has 1 nitrogen and oxygen atoms in total. The van der Waals surface area contributed by atoms with Crippen LogP contribution in [0.15, 0.2) is 0 Å². The summed E-state index contributed by atoms with van der Waals surface area (Å²) in [7, 11) is 0.